The first-order valence-electron chi connectivity index (χ1n) is 9.52. The smallest absolute Gasteiger partial charge is 0.306 e. The van der Waals surface area contributed by atoms with Crippen LogP contribution in [-0.4, -0.2) is 83.2 Å². The Bertz CT molecular complexity index is 441. The van der Waals surface area contributed by atoms with E-state index < -0.39 is 11.9 Å². The van der Waals surface area contributed by atoms with Gasteiger partial charge in [-0.15, -0.1) is 0 Å². The summed E-state index contributed by atoms with van der Waals surface area (Å²) in [4.78, 5) is 20.9. The second-order valence-electron chi connectivity index (χ2n) is 7.18. The van der Waals surface area contributed by atoms with Gasteiger partial charge in [0.2, 0.25) is 0 Å². The third-order valence-corrected chi connectivity index (χ3v) is 5.18. The van der Waals surface area contributed by atoms with Crippen LogP contribution in [0.4, 0.5) is 0 Å². The zero-order valence-electron chi connectivity index (χ0n) is 15.4. The number of carbonyl (C=O) groups is 2. The molecule has 9 nitrogen and oxygen atoms in total. The number of hydrogen-bond acceptors (Lipinski definition) is 7. The molecule has 2 aliphatic heterocycles. The largest absolute Gasteiger partial charge is 0.481 e. The highest BCUT2D eigenvalue weighted by Crippen LogP contribution is 2.40. The molecule has 2 aliphatic carbocycles. The van der Waals surface area contributed by atoms with E-state index in [0.29, 0.717) is 25.4 Å². The Morgan fingerprint density at radius 2 is 1.15 bits per heavy atom. The van der Waals surface area contributed by atoms with Gasteiger partial charge in [-0.3, -0.25) is 9.59 Å². The summed E-state index contributed by atoms with van der Waals surface area (Å²) in [5, 5.41) is 33.4. The molecule has 4 N–H and O–H groups in total. The van der Waals surface area contributed by atoms with Crippen molar-refractivity contribution in [2.45, 2.75) is 62.9 Å². The summed E-state index contributed by atoms with van der Waals surface area (Å²) in [5.41, 5.74) is 0. The monoisotopic (exact) mass is 390 g/mol. The molecular formula is C18H30O9. The van der Waals surface area contributed by atoms with E-state index in [0.717, 1.165) is 38.5 Å². The second-order valence-corrected chi connectivity index (χ2v) is 7.18. The molecule has 0 radical (unpaired) electrons. The van der Waals surface area contributed by atoms with E-state index in [1.54, 1.807) is 0 Å². The molecule has 4 rings (SSSR count). The molecule has 156 valence electrons. The van der Waals surface area contributed by atoms with Gasteiger partial charge >= 0.3 is 11.9 Å². The van der Waals surface area contributed by atoms with E-state index in [2.05, 4.69) is 4.74 Å². The molecule has 4 fully saturated rings. The minimum atomic E-state index is -0.658. The first-order chi connectivity index (χ1) is 13.0. The molecular weight excluding hydrogens is 360 g/mol. The quantitative estimate of drug-likeness (QED) is 0.370. The molecule has 0 aromatic heterocycles. The van der Waals surface area contributed by atoms with Gasteiger partial charge in [0.1, 0.15) is 0 Å². The molecule has 0 spiro atoms. The standard InChI is InChI=1S/2C7H10O3.C4H10O3/c2*8-7(9)4-1-2-5-6(3-4)10-5;5-1-3-7-4-2-6/h2*4-6H,1-3H2,(H,8,9);5-6H,1-4H2. The van der Waals surface area contributed by atoms with E-state index in [1.807, 2.05) is 0 Å². The number of carboxylic acids is 2. The highest BCUT2D eigenvalue weighted by atomic mass is 16.6. The maximum Gasteiger partial charge on any atom is 0.306 e. The van der Waals surface area contributed by atoms with Crippen molar-refractivity contribution < 1.29 is 44.2 Å². The van der Waals surface area contributed by atoms with Crippen LogP contribution in [0.2, 0.25) is 0 Å². The van der Waals surface area contributed by atoms with Gasteiger partial charge in [0.15, 0.2) is 0 Å². The summed E-state index contributed by atoms with van der Waals surface area (Å²) in [7, 11) is 0. The van der Waals surface area contributed by atoms with Crippen LogP contribution in [0, 0.1) is 11.8 Å². The maximum absolute atomic E-state index is 10.5. The number of hydrogen-bond donors (Lipinski definition) is 4. The molecule has 6 unspecified atom stereocenters. The number of carboxylic acid groups (broad SMARTS) is 2. The first-order valence-corrected chi connectivity index (χ1v) is 9.52. The van der Waals surface area contributed by atoms with Gasteiger partial charge in [-0.1, -0.05) is 0 Å². The molecule has 0 aromatic carbocycles. The first kappa shape index (κ1) is 22.0. The second kappa shape index (κ2) is 10.9. The zero-order chi connectivity index (χ0) is 19.8. The average Bonchev–Trinajstić information content (AvgIpc) is 3.55. The van der Waals surface area contributed by atoms with Crippen LogP contribution in [-0.2, 0) is 23.8 Å². The topological polar surface area (TPSA) is 149 Å². The fourth-order valence-corrected chi connectivity index (χ4v) is 3.49. The molecule has 27 heavy (non-hydrogen) atoms. The van der Waals surface area contributed by atoms with Gasteiger partial charge in [-0.2, -0.15) is 0 Å². The van der Waals surface area contributed by atoms with Gasteiger partial charge in [0.05, 0.1) is 62.7 Å². The third kappa shape index (κ3) is 7.71. The fraction of sp³-hybridized carbons (Fsp3) is 0.889. The molecule has 9 heteroatoms. The van der Waals surface area contributed by atoms with Crippen LogP contribution < -0.4 is 0 Å². The van der Waals surface area contributed by atoms with Gasteiger partial charge < -0.3 is 34.6 Å². The van der Waals surface area contributed by atoms with Crippen molar-refractivity contribution >= 4 is 11.9 Å². The lowest BCUT2D eigenvalue weighted by molar-refractivity contribution is -0.143. The Labute approximate surface area is 158 Å². The van der Waals surface area contributed by atoms with Crippen molar-refractivity contribution in [3.63, 3.8) is 0 Å². The molecule has 0 amide bonds. The number of aliphatic hydroxyl groups excluding tert-OH is 2. The van der Waals surface area contributed by atoms with Crippen LogP contribution >= 0.6 is 0 Å². The number of aliphatic hydroxyl groups is 2. The summed E-state index contributed by atoms with van der Waals surface area (Å²) in [6.45, 7) is 0.696. The van der Waals surface area contributed by atoms with Crippen LogP contribution in [0.3, 0.4) is 0 Å². The normalized spacial score (nSPS) is 35.2. The predicted octanol–water partition coefficient (Wildman–Crippen LogP) is 0.265. The SMILES string of the molecule is O=C(O)C1CCC2OC2C1.O=C(O)C1CCC2OC2C1.OCCOCCO. The minimum absolute atomic E-state index is 0.0278. The lowest BCUT2D eigenvalue weighted by Crippen LogP contribution is -2.21. The lowest BCUT2D eigenvalue weighted by atomic mass is 9.90. The van der Waals surface area contributed by atoms with E-state index in [1.165, 1.54) is 0 Å². The Morgan fingerprint density at radius 1 is 0.741 bits per heavy atom. The number of fused-ring (bicyclic) bond motifs is 2. The fourth-order valence-electron chi connectivity index (χ4n) is 3.49. The molecule has 0 bridgehead atoms. The van der Waals surface area contributed by atoms with E-state index in [4.69, 9.17) is 29.9 Å². The Balaban J connectivity index is 0.000000149. The van der Waals surface area contributed by atoms with Gasteiger partial charge in [0, 0.05) is 0 Å². The van der Waals surface area contributed by atoms with Gasteiger partial charge in [-0.05, 0) is 38.5 Å². The van der Waals surface area contributed by atoms with Crippen molar-refractivity contribution in [3.8, 4) is 0 Å². The van der Waals surface area contributed by atoms with Gasteiger partial charge in [0.25, 0.3) is 0 Å². The van der Waals surface area contributed by atoms with Crippen molar-refractivity contribution in [1.29, 1.82) is 0 Å². The molecule has 2 saturated heterocycles. The van der Waals surface area contributed by atoms with Crippen molar-refractivity contribution in [3.05, 3.63) is 0 Å². The summed E-state index contributed by atoms with van der Waals surface area (Å²) >= 11 is 0. The van der Waals surface area contributed by atoms with Crippen LogP contribution in [0.25, 0.3) is 0 Å². The van der Waals surface area contributed by atoms with Gasteiger partial charge in [-0.25, -0.2) is 0 Å². The number of epoxide rings is 2. The summed E-state index contributed by atoms with van der Waals surface area (Å²) in [6, 6.07) is 0. The number of ether oxygens (including phenoxy) is 3. The highest BCUT2D eigenvalue weighted by Gasteiger charge is 2.46. The highest BCUT2D eigenvalue weighted by molar-refractivity contribution is 5.70. The zero-order valence-corrected chi connectivity index (χ0v) is 15.4. The van der Waals surface area contributed by atoms with Crippen LogP contribution in [0.5, 0.6) is 0 Å². The minimum Gasteiger partial charge on any atom is -0.481 e. The van der Waals surface area contributed by atoms with E-state index in [9.17, 15) is 9.59 Å². The molecule has 0 aromatic rings. The predicted molar refractivity (Wildman–Crippen MR) is 92.3 cm³/mol. The Hall–Kier alpha value is -1.26. The summed E-state index contributed by atoms with van der Waals surface area (Å²) in [6.07, 6.45) is 6.37. The van der Waals surface area contributed by atoms with E-state index in [-0.39, 0.29) is 37.3 Å². The van der Waals surface area contributed by atoms with Crippen LogP contribution in [0.1, 0.15) is 38.5 Å². The summed E-state index contributed by atoms with van der Waals surface area (Å²) < 4.78 is 15.0. The summed E-state index contributed by atoms with van der Waals surface area (Å²) in [5.74, 6) is -1.59. The lowest BCUT2D eigenvalue weighted by Gasteiger charge is -2.12. The Morgan fingerprint density at radius 3 is 1.44 bits per heavy atom. The number of rotatable bonds is 6. The Kier molecular flexibility index (Phi) is 8.91. The van der Waals surface area contributed by atoms with Crippen LogP contribution in [0.15, 0.2) is 0 Å². The van der Waals surface area contributed by atoms with Crippen molar-refractivity contribution in [2.75, 3.05) is 26.4 Å². The molecule has 2 saturated carbocycles. The molecule has 6 atom stereocenters. The molecule has 4 aliphatic rings. The molecule has 2 heterocycles. The third-order valence-electron chi connectivity index (χ3n) is 5.18. The van der Waals surface area contributed by atoms with Crippen molar-refractivity contribution in [1.82, 2.24) is 0 Å². The van der Waals surface area contributed by atoms with Crippen molar-refractivity contribution in [2.24, 2.45) is 11.8 Å². The maximum atomic E-state index is 10.5. The average molecular weight is 390 g/mol. The number of aliphatic carboxylic acids is 2. The van der Waals surface area contributed by atoms with E-state index >= 15 is 0 Å².